The molecule has 6 nitrogen and oxygen atoms in total. The van der Waals surface area contributed by atoms with Gasteiger partial charge in [-0.2, -0.15) is 0 Å². The van der Waals surface area contributed by atoms with Crippen LogP contribution >= 0.6 is 11.6 Å². The number of methoxy groups -OCH3 is 1. The van der Waals surface area contributed by atoms with Gasteiger partial charge in [-0.25, -0.2) is 9.78 Å². The van der Waals surface area contributed by atoms with E-state index in [0.29, 0.717) is 0 Å². The molecular weight excluding hydrogens is 272 g/mol. The number of hydrogen-bond acceptors (Lipinski definition) is 5. The number of rotatable bonds is 2. The first kappa shape index (κ1) is 13.8. The lowest BCUT2D eigenvalue weighted by Crippen LogP contribution is -2.41. The van der Waals surface area contributed by atoms with Gasteiger partial charge in [-0.15, -0.1) is 0 Å². The van der Waals surface area contributed by atoms with Crippen molar-refractivity contribution in [3.63, 3.8) is 0 Å². The highest BCUT2D eigenvalue weighted by atomic mass is 35.5. The maximum Gasteiger partial charge on any atom is 0.328 e. The van der Waals surface area contributed by atoms with E-state index in [1.54, 1.807) is 6.07 Å². The van der Waals surface area contributed by atoms with E-state index in [-0.39, 0.29) is 23.7 Å². The highest BCUT2D eigenvalue weighted by Crippen LogP contribution is 2.23. The minimum Gasteiger partial charge on any atom is -0.467 e. The molecule has 1 aliphatic rings. The van der Waals surface area contributed by atoms with E-state index in [1.165, 1.54) is 24.3 Å². The zero-order chi connectivity index (χ0) is 14.0. The lowest BCUT2D eigenvalue weighted by atomic mass is 10.2. The van der Waals surface area contributed by atoms with Crippen LogP contribution in [0.1, 0.15) is 16.8 Å². The molecule has 0 aromatic carbocycles. The average Bonchev–Trinajstić information content (AvgIpc) is 2.79. The molecule has 2 unspecified atom stereocenters. The van der Waals surface area contributed by atoms with Gasteiger partial charge >= 0.3 is 5.97 Å². The van der Waals surface area contributed by atoms with E-state index in [4.69, 9.17) is 11.6 Å². The number of β-amino-alcohol motifs (C(OH)–C–C–N with tert-alkyl or cyclic N) is 1. The first-order chi connectivity index (χ1) is 9.04. The molecule has 7 heteroatoms. The average molecular weight is 285 g/mol. The number of carbonyl (C=O) groups is 2. The zero-order valence-corrected chi connectivity index (χ0v) is 11.0. The molecule has 0 aliphatic carbocycles. The molecule has 1 fully saturated rings. The number of carbonyl (C=O) groups excluding carboxylic acids is 2. The summed E-state index contributed by atoms with van der Waals surface area (Å²) >= 11 is 5.86. The number of aliphatic hydroxyl groups is 1. The molecule has 1 aromatic heterocycles. The molecule has 1 aromatic rings. The smallest absolute Gasteiger partial charge is 0.328 e. The van der Waals surface area contributed by atoms with E-state index in [2.05, 4.69) is 9.72 Å². The van der Waals surface area contributed by atoms with E-state index in [0.717, 1.165) is 0 Å². The summed E-state index contributed by atoms with van der Waals surface area (Å²) in [6.07, 6.45) is 0.884. The van der Waals surface area contributed by atoms with Crippen LogP contribution in [0.4, 0.5) is 0 Å². The van der Waals surface area contributed by atoms with Crippen LogP contribution in [0, 0.1) is 0 Å². The summed E-state index contributed by atoms with van der Waals surface area (Å²) in [5, 5.41) is 9.70. The van der Waals surface area contributed by atoms with Gasteiger partial charge in [0.25, 0.3) is 5.91 Å². The molecule has 1 aliphatic heterocycles. The predicted octanol–water partition coefficient (Wildman–Crippen LogP) is 0.483. The van der Waals surface area contributed by atoms with Gasteiger partial charge in [-0.3, -0.25) is 4.79 Å². The number of amides is 1. The van der Waals surface area contributed by atoms with Crippen LogP contribution in [-0.2, 0) is 9.53 Å². The minimum atomic E-state index is -0.788. The van der Waals surface area contributed by atoms with Crippen molar-refractivity contribution in [3.05, 3.63) is 29.0 Å². The fraction of sp³-hybridized carbons (Fsp3) is 0.417. The van der Waals surface area contributed by atoms with Crippen molar-refractivity contribution in [3.8, 4) is 0 Å². The Balaban J connectivity index is 2.27. The molecule has 2 atom stereocenters. The molecule has 1 saturated heterocycles. The lowest BCUT2D eigenvalue weighted by molar-refractivity contribution is -0.145. The van der Waals surface area contributed by atoms with E-state index >= 15 is 0 Å². The fourth-order valence-electron chi connectivity index (χ4n) is 2.10. The van der Waals surface area contributed by atoms with Crippen LogP contribution in [-0.4, -0.2) is 52.7 Å². The van der Waals surface area contributed by atoms with Crippen molar-refractivity contribution in [2.24, 2.45) is 0 Å². The number of nitrogens with zero attached hydrogens (tertiary/aromatic N) is 2. The highest BCUT2D eigenvalue weighted by Gasteiger charge is 2.40. The number of aromatic nitrogens is 1. The molecule has 102 valence electrons. The van der Waals surface area contributed by atoms with Crippen LogP contribution < -0.4 is 0 Å². The van der Waals surface area contributed by atoms with Crippen molar-refractivity contribution >= 4 is 23.5 Å². The third-order valence-corrected chi connectivity index (χ3v) is 3.30. The monoisotopic (exact) mass is 284 g/mol. The zero-order valence-electron chi connectivity index (χ0n) is 10.2. The molecule has 2 rings (SSSR count). The van der Waals surface area contributed by atoms with Gasteiger partial charge in [-0.1, -0.05) is 11.6 Å². The summed E-state index contributed by atoms with van der Waals surface area (Å²) < 4.78 is 4.64. The highest BCUT2D eigenvalue weighted by molar-refractivity contribution is 6.32. The Hall–Kier alpha value is -1.66. The largest absolute Gasteiger partial charge is 0.467 e. The third kappa shape index (κ3) is 2.69. The molecule has 1 N–H and O–H groups in total. The topological polar surface area (TPSA) is 79.7 Å². The summed E-state index contributed by atoms with van der Waals surface area (Å²) in [6, 6.07) is 2.32. The SMILES string of the molecule is COC(=O)C1CC(O)CN1C(=O)c1cccnc1Cl. The number of esters is 1. The second kappa shape index (κ2) is 5.54. The van der Waals surface area contributed by atoms with Crippen LogP contribution in [0.5, 0.6) is 0 Å². The second-order valence-corrected chi connectivity index (χ2v) is 4.59. The summed E-state index contributed by atoms with van der Waals surface area (Å²) in [7, 11) is 1.24. The lowest BCUT2D eigenvalue weighted by Gasteiger charge is -2.22. The van der Waals surface area contributed by atoms with Crippen LogP contribution in [0.25, 0.3) is 0 Å². The summed E-state index contributed by atoms with van der Waals surface area (Å²) in [5.74, 6) is -0.991. The number of aliphatic hydroxyl groups excluding tert-OH is 1. The Morgan fingerprint density at radius 2 is 2.32 bits per heavy atom. The first-order valence-electron chi connectivity index (χ1n) is 5.72. The Bertz CT molecular complexity index is 508. The Kier molecular flexibility index (Phi) is 4.01. The summed E-state index contributed by atoms with van der Waals surface area (Å²) in [4.78, 5) is 29.0. The molecule has 0 saturated carbocycles. The van der Waals surface area contributed by atoms with Gasteiger partial charge in [0, 0.05) is 19.2 Å². The number of halogens is 1. The Labute approximate surface area is 114 Å². The van der Waals surface area contributed by atoms with Gasteiger partial charge < -0.3 is 14.7 Å². The third-order valence-electron chi connectivity index (χ3n) is 3.00. The van der Waals surface area contributed by atoms with Crippen LogP contribution in [0.2, 0.25) is 5.15 Å². The van der Waals surface area contributed by atoms with Crippen LogP contribution in [0.15, 0.2) is 18.3 Å². The number of likely N-dealkylation sites (tertiary alicyclic amines) is 1. The number of pyridine rings is 1. The maximum atomic E-state index is 12.3. The maximum absolute atomic E-state index is 12.3. The van der Waals surface area contributed by atoms with Gasteiger partial charge in [0.05, 0.1) is 18.8 Å². The summed E-state index contributed by atoms with van der Waals surface area (Å²) in [6.45, 7) is 0.0732. The number of hydrogen-bond donors (Lipinski definition) is 1. The normalized spacial score (nSPS) is 22.4. The molecule has 2 heterocycles. The molecule has 0 spiro atoms. The Morgan fingerprint density at radius 3 is 2.95 bits per heavy atom. The minimum absolute atomic E-state index is 0.0671. The van der Waals surface area contributed by atoms with Crippen molar-refractivity contribution < 1.29 is 19.4 Å². The Morgan fingerprint density at radius 1 is 1.58 bits per heavy atom. The van der Waals surface area contributed by atoms with E-state index < -0.39 is 24.0 Å². The molecule has 0 radical (unpaired) electrons. The van der Waals surface area contributed by atoms with Crippen LogP contribution in [0.3, 0.4) is 0 Å². The second-order valence-electron chi connectivity index (χ2n) is 4.23. The van der Waals surface area contributed by atoms with Gasteiger partial charge in [0.15, 0.2) is 0 Å². The molecule has 1 amide bonds. The predicted molar refractivity (Wildman–Crippen MR) is 66.7 cm³/mol. The standard InChI is InChI=1S/C12H13ClN2O4/c1-19-12(18)9-5-7(16)6-15(9)11(17)8-3-2-4-14-10(8)13/h2-4,7,9,16H,5-6H2,1H3. The van der Waals surface area contributed by atoms with E-state index in [1.807, 2.05) is 0 Å². The first-order valence-corrected chi connectivity index (χ1v) is 6.09. The fourth-order valence-corrected chi connectivity index (χ4v) is 2.30. The van der Waals surface area contributed by atoms with Gasteiger partial charge in [0.2, 0.25) is 0 Å². The van der Waals surface area contributed by atoms with Crippen molar-refractivity contribution in [1.82, 2.24) is 9.88 Å². The molecule has 19 heavy (non-hydrogen) atoms. The van der Waals surface area contributed by atoms with Crippen molar-refractivity contribution in [1.29, 1.82) is 0 Å². The molecule has 0 bridgehead atoms. The number of ether oxygens (including phenoxy) is 1. The van der Waals surface area contributed by atoms with Crippen molar-refractivity contribution in [2.45, 2.75) is 18.6 Å². The van der Waals surface area contributed by atoms with Crippen molar-refractivity contribution in [2.75, 3.05) is 13.7 Å². The summed E-state index contributed by atoms with van der Waals surface area (Å²) in [5.41, 5.74) is 0.201. The van der Waals surface area contributed by atoms with Gasteiger partial charge in [0.1, 0.15) is 11.2 Å². The van der Waals surface area contributed by atoms with E-state index in [9.17, 15) is 14.7 Å². The molecular formula is C12H13ClN2O4. The van der Waals surface area contributed by atoms with Gasteiger partial charge in [-0.05, 0) is 12.1 Å². The quantitative estimate of drug-likeness (QED) is 0.631.